The van der Waals surface area contributed by atoms with Crippen molar-refractivity contribution < 1.29 is 14.3 Å². The fourth-order valence-corrected chi connectivity index (χ4v) is 2.44. The van der Waals surface area contributed by atoms with Gasteiger partial charge in [-0.2, -0.15) is 0 Å². The summed E-state index contributed by atoms with van der Waals surface area (Å²) in [5.74, 6) is -1.14. The van der Waals surface area contributed by atoms with Gasteiger partial charge >= 0.3 is 11.8 Å². The number of methoxy groups -OCH3 is 1. The van der Waals surface area contributed by atoms with E-state index in [4.69, 9.17) is 16.3 Å². The van der Waals surface area contributed by atoms with Gasteiger partial charge < -0.3 is 15.4 Å². The minimum Gasteiger partial charge on any atom is -0.495 e. The van der Waals surface area contributed by atoms with Crippen molar-refractivity contribution >= 4 is 34.8 Å². The van der Waals surface area contributed by atoms with Gasteiger partial charge in [0.1, 0.15) is 5.75 Å². The molecule has 2 N–H and O–H groups in total. The molecular weight excluding hydrogens is 328 g/mol. The van der Waals surface area contributed by atoms with Crippen molar-refractivity contribution in [3.8, 4) is 5.75 Å². The Morgan fingerprint density at radius 1 is 0.958 bits per heavy atom. The lowest BCUT2D eigenvalue weighted by Gasteiger charge is -2.13. The highest BCUT2D eigenvalue weighted by Gasteiger charge is 2.18. The lowest BCUT2D eigenvalue weighted by molar-refractivity contribution is -0.133. The Labute approximate surface area is 146 Å². The van der Waals surface area contributed by atoms with Gasteiger partial charge in [0, 0.05) is 16.8 Å². The molecule has 0 saturated heterocycles. The van der Waals surface area contributed by atoms with Crippen molar-refractivity contribution in [1.29, 1.82) is 0 Å². The molecule has 0 aliphatic rings. The van der Waals surface area contributed by atoms with Crippen molar-refractivity contribution in [2.24, 2.45) is 0 Å². The molecule has 0 bridgehead atoms. The van der Waals surface area contributed by atoms with E-state index in [1.165, 1.54) is 7.11 Å². The second-order valence-corrected chi connectivity index (χ2v) is 5.88. The Morgan fingerprint density at radius 2 is 1.54 bits per heavy atom. The number of anilines is 2. The zero-order valence-electron chi connectivity index (χ0n) is 14.0. The van der Waals surface area contributed by atoms with Gasteiger partial charge in [-0.25, -0.2) is 0 Å². The van der Waals surface area contributed by atoms with Gasteiger partial charge in [-0.3, -0.25) is 9.59 Å². The molecule has 0 fully saturated rings. The molecule has 2 aromatic rings. The molecular formula is C18H19ClN2O3. The van der Waals surface area contributed by atoms with Crippen LogP contribution >= 0.6 is 11.6 Å². The van der Waals surface area contributed by atoms with Gasteiger partial charge in [-0.15, -0.1) is 0 Å². The SMILES string of the molecule is COc1cc(Cl)c(C)cc1NC(=O)C(=O)Nc1c(C)cccc1C. The molecule has 2 aromatic carbocycles. The van der Waals surface area contributed by atoms with Crippen molar-refractivity contribution in [2.45, 2.75) is 20.8 Å². The van der Waals surface area contributed by atoms with E-state index in [2.05, 4.69) is 10.6 Å². The first-order valence-electron chi connectivity index (χ1n) is 7.36. The fraction of sp³-hybridized carbons (Fsp3) is 0.222. The van der Waals surface area contributed by atoms with Crippen LogP contribution in [0.3, 0.4) is 0 Å². The van der Waals surface area contributed by atoms with Gasteiger partial charge in [0.2, 0.25) is 0 Å². The molecule has 0 radical (unpaired) electrons. The predicted octanol–water partition coefficient (Wildman–Crippen LogP) is 3.85. The number of carbonyl (C=O) groups is 2. The summed E-state index contributed by atoms with van der Waals surface area (Å²) in [7, 11) is 1.47. The Bertz CT molecular complexity index is 783. The number of hydrogen-bond donors (Lipinski definition) is 2. The highest BCUT2D eigenvalue weighted by molar-refractivity contribution is 6.44. The van der Waals surface area contributed by atoms with Gasteiger partial charge in [0.05, 0.1) is 12.8 Å². The zero-order valence-corrected chi connectivity index (χ0v) is 14.7. The molecule has 0 unspecified atom stereocenters. The van der Waals surface area contributed by atoms with Gasteiger partial charge in [0.15, 0.2) is 0 Å². The fourth-order valence-electron chi connectivity index (χ4n) is 2.29. The van der Waals surface area contributed by atoms with E-state index in [0.717, 1.165) is 16.7 Å². The van der Waals surface area contributed by atoms with E-state index >= 15 is 0 Å². The van der Waals surface area contributed by atoms with Crippen LogP contribution in [0.1, 0.15) is 16.7 Å². The molecule has 0 heterocycles. The summed E-state index contributed by atoms with van der Waals surface area (Å²) in [6.07, 6.45) is 0. The molecule has 0 atom stereocenters. The number of benzene rings is 2. The maximum absolute atomic E-state index is 12.2. The molecule has 5 nitrogen and oxygen atoms in total. The highest BCUT2D eigenvalue weighted by atomic mass is 35.5. The quantitative estimate of drug-likeness (QED) is 0.829. The molecule has 0 aliphatic heterocycles. The van der Waals surface area contributed by atoms with E-state index in [-0.39, 0.29) is 0 Å². The number of aryl methyl sites for hydroxylation is 3. The summed E-state index contributed by atoms with van der Waals surface area (Å²) in [6.45, 7) is 5.53. The van der Waals surface area contributed by atoms with Crippen molar-refractivity contribution in [3.63, 3.8) is 0 Å². The minimum absolute atomic E-state index is 0.388. The van der Waals surface area contributed by atoms with E-state index in [9.17, 15) is 9.59 Å². The summed E-state index contributed by atoms with van der Waals surface area (Å²) in [4.78, 5) is 24.4. The summed E-state index contributed by atoms with van der Waals surface area (Å²) >= 11 is 6.03. The first kappa shape index (κ1) is 17.8. The molecule has 0 saturated carbocycles. The number of hydrogen-bond acceptors (Lipinski definition) is 3. The van der Waals surface area contributed by atoms with Crippen LogP contribution < -0.4 is 15.4 Å². The molecule has 0 spiro atoms. The van der Waals surface area contributed by atoms with Gasteiger partial charge in [-0.1, -0.05) is 29.8 Å². The number of para-hydroxylation sites is 1. The van der Waals surface area contributed by atoms with Gasteiger partial charge in [0.25, 0.3) is 0 Å². The number of ether oxygens (including phenoxy) is 1. The molecule has 0 aromatic heterocycles. The van der Waals surface area contributed by atoms with Crippen LogP contribution in [0, 0.1) is 20.8 Å². The highest BCUT2D eigenvalue weighted by Crippen LogP contribution is 2.31. The van der Waals surface area contributed by atoms with Crippen molar-refractivity contribution in [2.75, 3.05) is 17.7 Å². The van der Waals surface area contributed by atoms with Crippen LogP contribution in [0.5, 0.6) is 5.75 Å². The zero-order chi connectivity index (χ0) is 17.9. The number of halogens is 1. The van der Waals surface area contributed by atoms with Crippen LogP contribution in [0.2, 0.25) is 5.02 Å². The predicted molar refractivity (Wildman–Crippen MR) is 95.9 cm³/mol. The second-order valence-electron chi connectivity index (χ2n) is 5.48. The van der Waals surface area contributed by atoms with E-state index in [1.54, 1.807) is 19.1 Å². The molecule has 2 rings (SSSR count). The Kier molecular flexibility index (Phi) is 5.46. The van der Waals surface area contributed by atoms with E-state index in [0.29, 0.717) is 22.1 Å². The monoisotopic (exact) mass is 346 g/mol. The van der Waals surface area contributed by atoms with Crippen LogP contribution in [0.25, 0.3) is 0 Å². The topological polar surface area (TPSA) is 67.4 Å². The van der Waals surface area contributed by atoms with Gasteiger partial charge in [-0.05, 0) is 43.5 Å². The maximum Gasteiger partial charge on any atom is 0.314 e. The number of rotatable bonds is 3. The molecule has 0 aliphatic carbocycles. The van der Waals surface area contributed by atoms with Crippen LogP contribution in [0.15, 0.2) is 30.3 Å². The number of carbonyl (C=O) groups excluding carboxylic acids is 2. The average Bonchev–Trinajstić information content (AvgIpc) is 2.54. The molecule has 126 valence electrons. The smallest absolute Gasteiger partial charge is 0.314 e. The summed E-state index contributed by atoms with van der Waals surface area (Å²) < 4.78 is 5.19. The average molecular weight is 347 g/mol. The third-order valence-electron chi connectivity index (χ3n) is 3.65. The molecule has 2 amide bonds. The third-order valence-corrected chi connectivity index (χ3v) is 4.06. The van der Waals surface area contributed by atoms with Crippen LogP contribution in [-0.2, 0) is 9.59 Å². The number of nitrogens with one attached hydrogen (secondary N) is 2. The first-order chi connectivity index (χ1) is 11.3. The standard InChI is InChI=1S/C18H19ClN2O3/c1-10-6-5-7-11(2)16(10)21-18(23)17(22)20-14-8-12(3)13(19)9-15(14)24-4/h5-9H,1-4H3,(H,20,22)(H,21,23). The van der Waals surface area contributed by atoms with E-state index < -0.39 is 11.8 Å². The third kappa shape index (κ3) is 3.86. The lowest BCUT2D eigenvalue weighted by Crippen LogP contribution is -2.29. The van der Waals surface area contributed by atoms with Crippen LogP contribution in [-0.4, -0.2) is 18.9 Å². The number of amides is 2. The Balaban J connectivity index is 2.18. The van der Waals surface area contributed by atoms with Crippen LogP contribution in [0.4, 0.5) is 11.4 Å². The summed E-state index contributed by atoms with van der Waals surface area (Å²) in [5, 5.41) is 5.72. The minimum atomic E-state index is -0.780. The Morgan fingerprint density at radius 3 is 2.12 bits per heavy atom. The van der Waals surface area contributed by atoms with Crippen molar-refractivity contribution in [3.05, 3.63) is 52.0 Å². The largest absolute Gasteiger partial charge is 0.495 e. The van der Waals surface area contributed by atoms with Crippen molar-refractivity contribution in [1.82, 2.24) is 0 Å². The lowest BCUT2D eigenvalue weighted by atomic mass is 10.1. The maximum atomic E-state index is 12.2. The first-order valence-corrected chi connectivity index (χ1v) is 7.74. The molecule has 24 heavy (non-hydrogen) atoms. The second kappa shape index (κ2) is 7.36. The van der Waals surface area contributed by atoms with E-state index in [1.807, 2.05) is 32.0 Å². The normalized spacial score (nSPS) is 10.2. The summed E-state index contributed by atoms with van der Waals surface area (Å²) in [5.41, 5.74) is 3.56. The summed E-state index contributed by atoms with van der Waals surface area (Å²) in [6, 6.07) is 8.88. The Hall–Kier alpha value is -2.53. The molecule has 6 heteroatoms.